The van der Waals surface area contributed by atoms with Gasteiger partial charge in [-0.3, -0.25) is 9.48 Å². The van der Waals surface area contributed by atoms with E-state index in [-0.39, 0.29) is 6.54 Å². The van der Waals surface area contributed by atoms with Gasteiger partial charge in [-0.05, 0) is 29.7 Å². The monoisotopic (exact) mass is 383 g/mol. The minimum absolute atomic E-state index is 0.0853. The fourth-order valence-electron chi connectivity index (χ4n) is 3.33. The molecule has 0 unspecified atom stereocenters. The SMILES string of the molecule is O=C(NC[C@@H]1OCCc2cn(Cc3ccccc3)nc21)c1c(F)cccc1F. The molecule has 1 N–H and O–H groups in total. The molecule has 0 spiro atoms. The van der Waals surface area contributed by atoms with E-state index in [4.69, 9.17) is 4.74 Å². The summed E-state index contributed by atoms with van der Waals surface area (Å²) in [5.41, 5.74) is 2.34. The van der Waals surface area contributed by atoms with Crippen molar-refractivity contribution in [2.75, 3.05) is 13.2 Å². The number of aromatic nitrogens is 2. The molecular formula is C21H19F2N3O2. The van der Waals surface area contributed by atoms with E-state index in [0.29, 0.717) is 13.2 Å². The van der Waals surface area contributed by atoms with Gasteiger partial charge in [0.25, 0.3) is 5.91 Å². The van der Waals surface area contributed by atoms with E-state index in [1.807, 2.05) is 41.2 Å². The van der Waals surface area contributed by atoms with Crippen LogP contribution in [0.5, 0.6) is 0 Å². The lowest BCUT2D eigenvalue weighted by molar-refractivity contribution is 0.0382. The number of nitrogens with one attached hydrogen (secondary N) is 1. The van der Waals surface area contributed by atoms with Crippen molar-refractivity contribution in [3.63, 3.8) is 0 Å². The smallest absolute Gasteiger partial charge is 0.257 e. The first-order valence-corrected chi connectivity index (χ1v) is 9.06. The molecule has 0 fully saturated rings. The first-order chi connectivity index (χ1) is 13.6. The van der Waals surface area contributed by atoms with E-state index in [1.54, 1.807) is 0 Å². The molecule has 144 valence electrons. The van der Waals surface area contributed by atoms with Gasteiger partial charge < -0.3 is 10.1 Å². The third kappa shape index (κ3) is 3.80. The first-order valence-electron chi connectivity index (χ1n) is 9.06. The number of amides is 1. The molecule has 28 heavy (non-hydrogen) atoms. The number of hydrogen-bond acceptors (Lipinski definition) is 3. The van der Waals surface area contributed by atoms with Gasteiger partial charge in [0.05, 0.1) is 18.8 Å². The van der Waals surface area contributed by atoms with Crippen LogP contribution < -0.4 is 5.32 Å². The summed E-state index contributed by atoms with van der Waals surface area (Å²) in [6.07, 6.45) is 2.26. The molecule has 2 heterocycles. The van der Waals surface area contributed by atoms with Crippen LogP contribution in [0.3, 0.4) is 0 Å². The lowest BCUT2D eigenvalue weighted by Crippen LogP contribution is -2.33. The van der Waals surface area contributed by atoms with E-state index < -0.39 is 29.2 Å². The largest absolute Gasteiger partial charge is 0.370 e. The molecule has 1 atom stereocenters. The maximum absolute atomic E-state index is 13.8. The molecule has 1 aliphatic heterocycles. The van der Waals surface area contributed by atoms with Crippen LogP contribution in [0, 0.1) is 11.6 Å². The van der Waals surface area contributed by atoms with Gasteiger partial charge in [-0.1, -0.05) is 36.4 Å². The van der Waals surface area contributed by atoms with Crippen LogP contribution in [0.1, 0.15) is 33.3 Å². The van der Waals surface area contributed by atoms with Crippen molar-refractivity contribution in [3.8, 4) is 0 Å². The second-order valence-corrected chi connectivity index (χ2v) is 6.64. The molecule has 0 radical (unpaired) electrons. The fraction of sp³-hybridized carbons (Fsp3) is 0.238. The molecule has 2 aromatic carbocycles. The molecule has 1 aromatic heterocycles. The summed E-state index contributed by atoms with van der Waals surface area (Å²) in [7, 11) is 0. The standard InChI is InChI=1S/C21H19F2N3O2/c22-16-7-4-8-17(23)19(16)21(27)24-11-18-20-15(9-10-28-18)13-26(25-20)12-14-5-2-1-3-6-14/h1-8,13,18H,9-12H2,(H,24,27)/t18-/m0/s1. The van der Waals surface area contributed by atoms with E-state index in [9.17, 15) is 13.6 Å². The van der Waals surface area contributed by atoms with Crippen LogP contribution in [0.2, 0.25) is 0 Å². The highest BCUT2D eigenvalue weighted by Gasteiger charge is 2.26. The Hall–Kier alpha value is -3.06. The molecule has 5 nitrogen and oxygen atoms in total. The highest BCUT2D eigenvalue weighted by molar-refractivity contribution is 5.94. The molecule has 3 aromatic rings. The topological polar surface area (TPSA) is 56.1 Å². The number of rotatable bonds is 5. The molecule has 1 amide bonds. The Bertz CT molecular complexity index is 968. The zero-order valence-corrected chi connectivity index (χ0v) is 15.1. The zero-order chi connectivity index (χ0) is 19.5. The predicted molar refractivity (Wildman–Crippen MR) is 98.9 cm³/mol. The Morgan fingerprint density at radius 2 is 1.89 bits per heavy atom. The second kappa shape index (κ2) is 7.90. The predicted octanol–water partition coefficient (Wildman–Crippen LogP) is 3.25. The number of hydrogen-bond donors (Lipinski definition) is 1. The third-order valence-electron chi connectivity index (χ3n) is 4.69. The van der Waals surface area contributed by atoms with Crippen LogP contribution >= 0.6 is 0 Å². The molecule has 7 heteroatoms. The molecule has 0 aliphatic carbocycles. The first kappa shape index (κ1) is 18.3. The second-order valence-electron chi connectivity index (χ2n) is 6.64. The van der Waals surface area contributed by atoms with E-state index in [1.165, 1.54) is 6.07 Å². The van der Waals surface area contributed by atoms with Gasteiger partial charge in [-0.2, -0.15) is 5.10 Å². The number of carbonyl (C=O) groups excluding carboxylic acids is 1. The number of nitrogens with zero attached hydrogens (tertiary/aromatic N) is 2. The van der Waals surface area contributed by atoms with Crippen LogP contribution in [-0.2, 0) is 17.7 Å². The summed E-state index contributed by atoms with van der Waals surface area (Å²) in [6, 6.07) is 13.3. The Kier molecular flexibility index (Phi) is 5.16. The van der Waals surface area contributed by atoms with Gasteiger partial charge in [-0.25, -0.2) is 8.78 Å². The van der Waals surface area contributed by atoms with Crippen molar-refractivity contribution < 1.29 is 18.3 Å². The van der Waals surface area contributed by atoms with Crippen LogP contribution in [0.25, 0.3) is 0 Å². The van der Waals surface area contributed by atoms with Crippen molar-refractivity contribution in [2.24, 2.45) is 0 Å². The maximum atomic E-state index is 13.8. The average Bonchev–Trinajstić information content (AvgIpc) is 3.10. The van der Waals surface area contributed by atoms with Crippen LogP contribution in [0.15, 0.2) is 54.7 Å². The van der Waals surface area contributed by atoms with Crippen molar-refractivity contribution in [1.29, 1.82) is 0 Å². The maximum Gasteiger partial charge on any atom is 0.257 e. The summed E-state index contributed by atoms with van der Waals surface area (Å²) < 4.78 is 35.1. The summed E-state index contributed by atoms with van der Waals surface area (Å²) in [4.78, 5) is 12.2. The minimum Gasteiger partial charge on any atom is -0.370 e. The normalized spacial score (nSPS) is 15.9. The Morgan fingerprint density at radius 3 is 2.64 bits per heavy atom. The van der Waals surface area contributed by atoms with E-state index in [2.05, 4.69) is 10.4 Å². The Morgan fingerprint density at radius 1 is 1.14 bits per heavy atom. The fourth-order valence-corrected chi connectivity index (χ4v) is 3.33. The Labute approximate surface area is 160 Å². The third-order valence-corrected chi connectivity index (χ3v) is 4.69. The highest BCUT2D eigenvalue weighted by Crippen LogP contribution is 2.25. The van der Waals surface area contributed by atoms with E-state index in [0.717, 1.165) is 35.4 Å². The van der Waals surface area contributed by atoms with Gasteiger partial charge >= 0.3 is 0 Å². The minimum atomic E-state index is -0.894. The molecule has 4 rings (SSSR count). The summed E-state index contributed by atoms with van der Waals surface area (Å²) >= 11 is 0. The Balaban J connectivity index is 1.47. The summed E-state index contributed by atoms with van der Waals surface area (Å²) in [5.74, 6) is -2.60. The van der Waals surface area contributed by atoms with Gasteiger partial charge in [0.2, 0.25) is 0 Å². The van der Waals surface area contributed by atoms with Crippen LogP contribution in [-0.4, -0.2) is 28.8 Å². The molecular weight excluding hydrogens is 364 g/mol. The molecule has 0 saturated carbocycles. The van der Waals surface area contributed by atoms with Crippen molar-refractivity contribution in [2.45, 2.75) is 19.1 Å². The lowest BCUT2D eigenvalue weighted by Gasteiger charge is -2.22. The number of halogens is 2. The number of carbonyl (C=O) groups is 1. The summed E-state index contributed by atoms with van der Waals surface area (Å²) in [5, 5.41) is 7.16. The molecule has 0 saturated heterocycles. The highest BCUT2D eigenvalue weighted by atomic mass is 19.1. The van der Waals surface area contributed by atoms with Gasteiger partial charge in [0.1, 0.15) is 23.3 Å². The quantitative estimate of drug-likeness (QED) is 0.736. The van der Waals surface area contributed by atoms with Gasteiger partial charge in [0, 0.05) is 12.7 Å². The van der Waals surface area contributed by atoms with E-state index >= 15 is 0 Å². The number of benzene rings is 2. The van der Waals surface area contributed by atoms with Gasteiger partial charge in [-0.15, -0.1) is 0 Å². The summed E-state index contributed by atoms with van der Waals surface area (Å²) in [6.45, 7) is 1.22. The van der Waals surface area contributed by atoms with Gasteiger partial charge in [0.15, 0.2) is 0 Å². The molecule has 1 aliphatic rings. The average molecular weight is 383 g/mol. The van der Waals surface area contributed by atoms with Crippen molar-refractivity contribution >= 4 is 5.91 Å². The van der Waals surface area contributed by atoms with Crippen molar-refractivity contribution in [3.05, 3.63) is 88.7 Å². The number of fused-ring (bicyclic) bond motifs is 1. The molecule has 0 bridgehead atoms. The zero-order valence-electron chi connectivity index (χ0n) is 15.1. The number of ether oxygens (including phenoxy) is 1. The van der Waals surface area contributed by atoms with Crippen LogP contribution in [0.4, 0.5) is 8.78 Å². The van der Waals surface area contributed by atoms with Crippen molar-refractivity contribution in [1.82, 2.24) is 15.1 Å². The lowest BCUT2D eigenvalue weighted by atomic mass is 10.1.